The molecule has 0 spiro atoms. The lowest BCUT2D eigenvalue weighted by Gasteiger charge is -2.34. The minimum Gasteiger partial charge on any atom is -0.358 e. The second kappa shape index (κ2) is 7.04. The number of aryl methyl sites for hydroxylation is 2. The summed E-state index contributed by atoms with van der Waals surface area (Å²) in [6.45, 7) is 7.48. The standard InChI is InChI=1S/C15H23N3O2S/c1-4-12-11(2)9-13(21-12)15(20)18-7-5-17(6-8-18)10-14(19)16-3/h9H,4-8,10H2,1-3H3,(H,16,19). The molecule has 1 saturated heterocycles. The van der Waals surface area contributed by atoms with Crippen molar-refractivity contribution in [2.24, 2.45) is 0 Å². The average Bonchev–Trinajstić information content (AvgIpc) is 2.88. The van der Waals surface area contributed by atoms with Gasteiger partial charge in [0.05, 0.1) is 11.4 Å². The van der Waals surface area contributed by atoms with Gasteiger partial charge in [-0.05, 0) is 25.0 Å². The second-order valence-corrected chi connectivity index (χ2v) is 6.45. The summed E-state index contributed by atoms with van der Waals surface area (Å²) in [7, 11) is 1.65. The molecule has 1 fully saturated rings. The highest BCUT2D eigenvalue weighted by Gasteiger charge is 2.24. The van der Waals surface area contributed by atoms with Crippen LogP contribution >= 0.6 is 11.3 Å². The van der Waals surface area contributed by atoms with Gasteiger partial charge in [-0.3, -0.25) is 14.5 Å². The number of hydrogen-bond donors (Lipinski definition) is 1. The quantitative estimate of drug-likeness (QED) is 0.907. The Hall–Kier alpha value is -1.40. The largest absolute Gasteiger partial charge is 0.358 e. The summed E-state index contributed by atoms with van der Waals surface area (Å²) in [5.41, 5.74) is 1.21. The van der Waals surface area contributed by atoms with Crippen molar-refractivity contribution in [1.82, 2.24) is 15.1 Å². The van der Waals surface area contributed by atoms with Crippen LogP contribution in [0, 0.1) is 6.92 Å². The molecule has 1 aromatic heterocycles. The third-order valence-corrected chi connectivity index (χ3v) is 5.23. The highest BCUT2D eigenvalue weighted by molar-refractivity contribution is 7.14. The molecule has 0 radical (unpaired) electrons. The third kappa shape index (κ3) is 3.83. The lowest BCUT2D eigenvalue weighted by molar-refractivity contribution is -0.122. The Morgan fingerprint density at radius 2 is 1.95 bits per heavy atom. The molecule has 0 aliphatic carbocycles. The fourth-order valence-electron chi connectivity index (χ4n) is 2.52. The molecule has 1 aliphatic heterocycles. The van der Waals surface area contributed by atoms with Gasteiger partial charge < -0.3 is 10.2 Å². The van der Waals surface area contributed by atoms with Crippen LogP contribution in [-0.4, -0.2) is 61.4 Å². The van der Waals surface area contributed by atoms with Gasteiger partial charge in [-0.1, -0.05) is 6.92 Å². The Morgan fingerprint density at radius 3 is 2.48 bits per heavy atom. The summed E-state index contributed by atoms with van der Waals surface area (Å²) in [4.78, 5) is 30.0. The third-order valence-electron chi connectivity index (χ3n) is 3.86. The molecule has 116 valence electrons. The van der Waals surface area contributed by atoms with Crippen molar-refractivity contribution < 1.29 is 9.59 Å². The van der Waals surface area contributed by atoms with E-state index in [9.17, 15) is 9.59 Å². The number of piperazine rings is 1. The number of thiophene rings is 1. The van der Waals surface area contributed by atoms with E-state index < -0.39 is 0 Å². The molecule has 0 saturated carbocycles. The first kappa shape index (κ1) is 16.0. The number of rotatable bonds is 4. The zero-order chi connectivity index (χ0) is 15.4. The van der Waals surface area contributed by atoms with Crippen LogP contribution < -0.4 is 5.32 Å². The molecule has 0 bridgehead atoms. The first-order valence-corrected chi connectivity index (χ1v) is 8.18. The molecule has 1 aromatic rings. The van der Waals surface area contributed by atoms with Crippen molar-refractivity contribution in [3.63, 3.8) is 0 Å². The van der Waals surface area contributed by atoms with Crippen LogP contribution in [0.3, 0.4) is 0 Å². The van der Waals surface area contributed by atoms with E-state index in [1.807, 2.05) is 11.0 Å². The maximum absolute atomic E-state index is 12.5. The van der Waals surface area contributed by atoms with Crippen LogP contribution in [0.1, 0.15) is 27.0 Å². The first-order valence-electron chi connectivity index (χ1n) is 7.36. The van der Waals surface area contributed by atoms with E-state index >= 15 is 0 Å². The zero-order valence-corrected chi connectivity index (χ0v) is 13.8. The number of likely N-dealkylation sites (N-methyl/N-ethyl adjacent to an activating group) is 1. The van der Waals surface area contributed by atoms with E-state index in [4.69, 9.17) is 0 Å². The van der Waals surface area contributed by atoms with Crippen molar-refractivity contribution in [3.05, 3.63) is 21.4 Å². The lowest BCUT2D eigenvalue weighted by Crippen LogP contribution is -2.50. The van der Waals surface area contributed by atoms with Crippen LogP contribution in [0.2, 0.25) is 0 Å². The SMILES string of the molecule is CCc1sc(C(=O)N2CCN(CC(=O)NC)CC2)cc1C. The van der Waals surface area contributed by atoms with Crippen molar-refractivity contribution in [2.75, 3.05) is 39.8 Å². The Morgan fingerprint density at radius 1 is 1.29 bits per heavy atom. The molecule has 5 nitrogen and oxygen atoms in total. The summed E-state index contributed by atoms with van der Waals surface area (Å²) in [5.74, 6) is 0.152. The molecular weight excluding hydrogens is 286 g/mol. The van der Waals surface area contributed by atoms with Crippen LogP contribution in [0.15, 0.2) is 6.07 Å². The molecule has 21 heavy (non-hydrogen) atoms. The monoisotopic (exact) mass is 309 g/mol. The van der Waals surface area contributed by atoms with Gasteiger partial charge >= 0.3 is 0 Å². The fraction of sp³-hybridized carbons (Fsp3) is 0.600. The number of carbonyl (C=O) groups excluding carboxylic acids is 2. The smallest absolute Gasteiger partial charge is 0.264 e. The van der Waals surface area contributed by atoms with Crippen LogP contribution in [-0.2, 0) is 11.2 Å². The molecule has 2 heterocycles. The van der Waals surface area contributed by atoms with Gasteiger partial charge in [-0.25, -0.2) is 0 Å². The van der Waals surface area contributed by atoms with Crippen molar-refractivity contribution in [2.45, 2.75) is 20.3 Å². The number of nitrogens with zero attached hydrogens (tertiary/aromatic N) is 2. The normalized spacial score (nSPS) is 16.0. The summed E-state index contributed by atoms with van der Waals surface area (Å²) < 4.78 is 0. The van der Waals surface area contributed by atoms with Crippen LogP contribution in [0.5, 0.6) is 0 Å². The molecule has 2 rings (SSSR count). The molecule has 1 N–H and O–H groups in total. The summed E-state index contributed by atoms with van der Waals surface area (Å²) in [5, 5.41) is 2.63. The van der Waals surface area contributed by atoms with Crippen molar-refractivity contribution in [3.8, 4) is 0 Å². The number of amides is 2. The van der Waals surface area contributed by atoms with Crippen molar-refractivity contribution in [1.29, 1.82) is 0 Å². The number of carbonyl (C=O) groups is 2. The topological polar surface area (TPSA) is 52.7 Å². The minimum atomic E-state index is 0.0243. The van der Waals surface area contributed by atoms with Gasteiger partial charge in [-0.2, -0.15) is 0 Å². The van der Waals surface area contributed by atoms with Gasteiger partial charge in [0, 0.05) is 38.1 Å². The molecule has 0 atom stereocenters. The fourth-order valence-corrected chi connectivity index (χ4v) is 3.61. The van der Waals surface area contributed by atoms with Crippen LogP contribution in [0.4, 0.5) is 0 Å². The number of nitrogens with one attached hydrogen (secondary N) is 1. The van der Waals surface area contributed by atoms with E-state index in [-0.39, 0.29) is 11.8 Å². The Labute approximate surface area is 129 Å². The van der Waals surface area contributed by atoms with Gasteiger partial charge in [0.1, 0.15) is 0 Å². The highest BCUT2D eigenvalue weighted by atomic mass is 32.1. The Bertz CT molecular complexity index is 519. The van der Waals surface area contributed by atoms with Gasteiger partial charge in [0.15, 0.2) is 0 Å². The predicted octanol–water partition coefficient (Wildman–Crippen LogP) is 1.12. The maximum atomic E-state index is 12.5. The van der Waals surface area contributed by atoms with Crippen LogP contribution in [0.25, 0.3) is 0 Å². The zero-order valence-electron chi connectivity index (χ0n) is 12.9. The van der Waals surface area contributed by atoms with Gasteiger partial charge in [0.2, 0.25) is 5.91 Å². The lowest BCUT2D eigenvalue weighted by atomic mass is 10.2. The summed E-state index contributed by atoms with van der Waals surface area (Å²) in [6.07, 6.45) is 0.976. The Kier molecular flexibility index (Phi) is 5.36. The van der Waals surface area contributed by atoms with E-state index in [0.717, 1.165) is 24.4 Å². The molecular formula is C15H23N3O2S. The van der Waals surface area contributed by atoms with E-state index in [0.29, 0.717) is 19.6 Å². The average molecular weight is 309 g/mol. The van der Waals surface area contributed by atoms with Crippen molar-refractivity contribution >= 4 is 23.2 Å². The molecule has 0 unspecified atom stereocenters. The second-order valence-electron chi connectivity index (χ2n) is 5.31. The predicted molar refractivity (Wildman–Crippen MR) is 84.8 cm³/mol. The molecule has 1 aliphatic rings. The van der Waals surface area contributed by atoms with Gasteiger partial charge in [-0.15, -0.1) is 11.3 Å². The maximum Gasteiger partial charge on any atom is 0.264 e. The van der Waals surface area contributed by atoms with E-state index in [1.54, 1.807) is 18.4 Å². The number of hydrogen-bond acceptors (Lipinski definition) is 4. The van der Waals surface area contributed by atoms with Gasteiger partial charge in [0.25, 0.3) is 5.91 Å². The molecule has 6 heteroatoms. The minimum absolute atomic E-state index is 0.0243. The first-order chi connectivity index (χ1) is 10.0. The van der Waals surface area contributed by atoms with E-state index in [1.165, 1.54) is 10.4 Å². The summed E-state index contributed by atoms with van der Waals surface area (Å²) in [6, 6.07) is 2.00. The molecule has 2 amide bonds. The highest BCUT2D eigenvalue weighted by Crippen LogP contribution is 2.24. The Balaban J connectivity index is 1.92. The summed E-state index contributed by atoms with van der Waals surface area (Å²) >= 11 is 1.61. The molecule has 0 aromatic carbocycles. The van der Waals surface area contributed by atoms with E-state index in [2.05, 4.69) is 24.1 Å².